The number of hydrogen-bond acceptors (Lipinski definition) is 2. The van der Waals surface area contributed by atoms with E-state index < -0.39 is 24.3 Å². The number of carbonyl (C=O) groups is 1. The van der Waals surface area contributed by atoms with Gasteiger partial charge in [0.05, 0.1) is 6.61 Å². The molecule has 0 fully saturated rings. The van der Waals surface area contributed by atoms with Crippen LogP contribution in [0.1, 0.15) is 11.1 Å². The number of rotatable bonds is 5. The van der Waals surface area contributed by atoms with Gasteiger partial charge in [0.2, 0.25) is 0 Å². The Morgan fingerprint density at radius 2 is 1.45 bits per heavy atom. The fourth-order valence-corrected chi connectivity index (χ4v) is 2.12. The number of hydrogen-bond donors (Lipinski definition) is 1. The Kier molecular flexibility index (Phi) is 4.51. The average Bonchev–Trinajstić information content (AvgIpc) is 2.48. The fraction of sp³-hybridized carbons (Fsp3) is 0.188. The Labute approximate surface area is 125 Å². The van der Waals surface area contributed by atoms with E-state index in [0.717, 1.165) is 0 Å². The van der Waals surface area contributed by atoms with Crippen molar-refractivity contribution in [3.05, 3.63) is 71.8 Å². The highest BCUT2D eigenvalue weighted by molar-refractivity contribution is 5.86. The van der Waals surface area contributed by atoms with E-state index in [2.05, 4.69) is 0 Å². The summed E-state index contributed by atoms with van der Waals surface area (Å²) in [5.74, 6) is -1.60. The first-order valence-electron chi connectivity index (χ1n) is 6.48. The summed E-state index contributed by atoms with van der Waals surface area (Å²) in [6, 6.07) is 14.9. The first kappa shape index (κ1) is 16.0. The van der Waals surface area contributed by atoms with E-state index in [1.807, 2.05) is 0 Å². The van der Waals surface area contributed by atoms with Crippen LogP contribution in [0.15, 0.2) is 60.7 Å². The van der Waals surface area contributed by atoms with Crippen LogP contribution in [0.5, 0.6) is 0 Å². The van der Waals surface area contributed by atoms with Gasteiger partial charge in [-0.2, -0.15) is 13.2 Å². The van der Waals surface area contributed by atoms with Gasteiger partial charge in [-0.3, -0.25) is 4.79 Å². The molecule has 1 atom stereocenters. The van der Waals surface area contributed by atoms with Gasteiger partial charge in [-0.05, 0) is 5.56 Å². The minimum atomic E-state index is -4.98. The topological polar surface area (TPSA) is 52.3 Å². The zero-order valence-electron chi connectivity index (χ0n) is 11.5. The lowest BCUT2D eigenvalue weighted by molar-refractivity contribution is -0.275. The summed E-state index contributed by atoms with van der Waals surface area (Å²) in [5.41, 5.74) is 2.06. The van der Waals surface area contributed by atoms with Crippen molar-refractivity contribution in [1.82, 2.24) is 0 Å². The molecule has 0 saturated carbocycles. The number of alkyl halides is 3. The predicted molar refractivity (Wildman–Crippen MR) is 74.6 cm³/mol. The standard InChI is InChI=1S/C16H14F3NO2/c17-16(18,19)15(14(20)21,13-9-5-2-6-10-13)22-11-12-7-3-1-4-8-12/h1-10H,11H2,(H2,20,21)/t15-/m0/s1. The van der Waals surface area contributed by atoms with Crippen molar-refractivity contribution in [3.8, 4) is 0 Å². The first-order valence-corrected chi connectivity index (χ1v) is 6.48. The third-order valence-electron chi connectivity index (χ3n) is 3.22. The van der Waals surface area contributed by atoms with Crippen LogP contribution in [-0.2, 0) is 21.7 Å². The number of ether oxygens (including phenoxy) is 1. The lowest BCUT2D eigenvalue weighted by Gasteiger charge is -2.33. The Bertz CT molecular complexity index is 629. The maximum atomic E-state index is 13.6. The molecule has 116 valence electrons. The number of halogens is 3. The van der Waals surface area contributed by atoms with Crippen LogP contribution in [0, 0.1) is 0 Å². The zero-order valence-corrected chi connectivity index (χ0v) is 11.5. The van der Waals surface area contributed by atoms with Crippen LogP contribution in [-0.4, -0.2) is 12.1 Å². The van der Waals surface area contributed by atoms with Crippen molar-refractivity contribution in [2.45, 2.75) is 18.4 Å². The quantitative estimate of drug-likeness (QED) is 0.922. The second-order valence-corrected chi connectivity index (χ2v) is 4.68. The van der Waals surface area contributed by atoms with Crippen LogP contribution in [0.2, 0.25) is 0 Å². The van der Waals surface area contributed by atoms with Gasteiger partial charge in [0, 0.05) is 5.56 Å². The molecule has 2 rings (SSSR count). The number of nitrogens with two attached hydrogens (primary N) is 1. The van der Waals surface area contributed by atoms with Crippen molar-refractivity contribution in [2.24, 2.45) is 5.73 Å². The highest BCUT2D eigenvalue weighted by Crippen LogP contribution is 2.42. The minimum Gasteiger partial charge on any atom is -0.367 e. The van der Waals surface area contributed by atoms with Crippen LogP contribution < -0.4 is 5.73 Å². The summed E-state index contributed by atoms with van der Waals surface area (Å²) in [4.78, 5) is 11.7. The van der Waals surface area contributed by atoms with Crippen molar-refractivity contribution >= 4 is 5.91 Å². The van der Waals surface area contributed by atoms with Gasteiger partial charge in [0.25, 0.3) is 11.5 Å². The number of primary amides is 1. The van der Waals surface area contributed by atoms with Crippen molar-refractivity contribution in [2.75, 3.05) is 0 Å². The SMILES string of the molecule is NC(=O)[C@@](OCc1ccccc1)(c1ccccc1)C(F)(F)F. The van der Waals surface area contributed by atoms with E-state index in [1.165, 1.54) is 24.3 Å². The molecule has 2 N–H and O–H groups in total. The molecule has 0 radical (unpaired) electrons. The van der Waals surface area contributed by atoms with E-state index in [0.29, 0.717) is 5.56 Å². The molecular formula is C16H14F3NO2. The molecule has 0 heterocycles. The Morgan fingerprint density at radius 3 is 1.91 bits per heavy atom. The largest absolute Gasteiger partial charge is 0.430 e. The third kappa shape index (κ3) is 2.96. The molecule has 0 aromatic heterocycles. The highest BCUT2D eigenvalue weighted by Gasteiger charge is 2.62. The molecule has 0 saturated heterocycles. The number of carbonyl (C=O) groups excluding carboxylic acids is 1. The van der Waals surface area contributed by atoms with Gasteiger partial charge < -0.3 is 10.5 Å². The summed E-state index contributed by atoms with van der Waals surface area (Å²) in [7, 11) is 0. The lowest BCUT2D eigenvalue weighted by Crippen LogP contribution is -2.54. The number of amides is 1. The van der Waals surface area contributed by atoms with Crippen molar-refractivity contribution < 1.29 is 22.7 Å². The molecule has 3 nitrogen and oxygen atoms in total. The van der Waals surface area contributed by atoms with Crippen LogP contribution >= 0.6 is 0 Å². The van der Waals surface area contributed by atoms with Gasteiger partial charge in [-0.25, -0.2) is 0 Å². The van der Waals surface area contributed by atoms with Crippen LogP contribution in [0.4, 0.5) is 13.2 Å². The van der Waals surface area contributed by atoms with E-state index >= 15 is 0 Å². The molecule has 0 aliphatic heterocycles. The third-order valence-corrected chi connectivity index (χ3v) is 3.22. The second-order valence-electron chi connectivity index (χ2n) is 4.68. The molecule has 0 aliphatic carbocycles. The summed E-state index contributed by atoms with van der Waals surface area (Å²) in [5, 5.41) is 0. The van der Waals surface area contributed by atoms with Crippen molar-refractivity contribution in [1.29, 1.82) is 0 Å². The summed E-state index contributed by atoms with van der Waals surface area (Å²) >= 11 is 0. The molecule has 0 unspecified atom stereocenters. The highest BCUT2D eigenvalue weighted by atomic mass is 19.4. The van der Waals surface area contributed by atoms with Crippen LogP contribution in [0.3, 0.4) is 0 Å². The molecule has 6 heteroatoms. The fourth-order valence-electron chi connectivity index (χ4n) is 2.12. The predicted octanol–water partition coefficient (Wildman–Crippen LogP) is 3.15. The van der Waals surface area contributed by atoms with Crippen LogP contribution in [0.25, 0.3) is 0 Å². The second kappa shape index (κ2) is 6.19. The van der Waals surface area contributed by atoms with E-state index in [-0.39, 0.29) is 5.56 Å². The Hall–Kier alpha value is -2.34. The van der Waals surface area contributed by atoms with E-state index in [4.69, 9.17) is 10.5 Å². The monoisotopic (exact) mass is 309 g/mol. The first-order chi connectivity index (χ1) is 10.4. The molecule has 2 aromatic rings. The van der Waals surface area contributed by atoms with E-state index in [1.54, 1.807) is 36.4 Å². The minimum absolute atomic E-state index is 0.342. The molecule has 1 amide bonds. The molecule has 2 aromatic carbocycles. The molecule has 0 aliphatic rings. The Morgan fingerprint density at radius 1 is 0.955 bits per heavy atom. The maximum Gasteiger partial charge on any atom is 0.430 e. The Balaban J connectivity index is 2.43. The molecule has 22 heavy (non-hydrogen) atoms. The summed E-state index contributed by atoms with van der Waals surface area (Å²) in [6.45, 7) is -0.391. The average molecular weight is 309 g/mol. The van der Waals surface area contributed by atoms with Gasteiger partial charge in [0.15, 0.2) is 0 Å². The summed E-state index contributed by atoms with van der Waals surface area (Å²) < 4.78 is 45.8. The van der Waals surface area contributed by atoms with Gasteiger partial charge in [-0.15, -0.1) is 0 Å². The summed E-state index contributed by atoms with van der Waals surface area (Å²) in [6.07, 6.45) is -4.98. The van der Waals surface area contributed by atoms with Gasteiger partial charge in [-0.1, -0.05) is 60.7 Å². The zero-order chi connectivity index (χ0) is 16.2. The maximum absolute atomic E-state index is 13.6. The molecule has 0 bridgehead atoms. The van der Waals surface area contributed by atoms with E-state index in [9.17, 15) is 18.0 Å². The van der Waals surface area contributed by atoms with Crippen molar-refractivity contribution in [3.63, 3.8) is 0 Å². The van der Waals surface area contributed by atoms with Gasteiger partial charge in [0.1, 0.15) is 0 Å². The smallest absolute Gasteiger partial charge is 0.367 e. The molecule has 0 spiro atoms. The lowest BCUT2D eigenvalue weighted by atomic mass is 9.92. The number of benzene rings is 2. The normalized spacial score (nSPS) is 14.3. The molecular weight excluding hydrogens is 295 g/mol. The van der Waals surface area contributed by atoms with Gasteiger partial charge >= 0.3 is 6.18 Å².